The third-order valence-electron chi connectivity index (χ3n) is 3.34. The Hall–Kier alpha value is -0.570. The Morgan fingerprint density at radius 3 is 2.17 bits per heavy atom. The molecule has 0 spiro atoms. The molecule has 0 aliphatic carbocycles. The molecule has 0 aromatic carbocycles. The van der Waals surface area contributed by atoms with Crippen LogP contribution in [-0.4, -0.2) is 35.1 Å². The summed E-state index contributed by atoms with van der Waals surface area (Å²) in [6.45, 7) is 7.75. The highest BCUT2D eigenvalue weighted by Crippen LogP contribution is 2.08. The van der Waals surface area contributed by atoms with Crippen molar-refractivity contribution in [2.45, 2.75) is 78.2 Å². The Bertz CT molecular complexity index is 207. The number of hydrogen-bond donors (Lipinski definition) is 1. The molecular formula is C15H31NO2. The van der Waals surface area contributed by atoms with Crippen LogP contribution in [0.1, 0.15) is 72.1 Å². The van der Waals surface area contributed by atoms with E-state index in [1.807, 2.05) is 6.92 Å². The van der Waals surface area contributed by atoms with E-state index in [-0.39, 0.29) is 5.91 Å². The van der Waals surface area contributed by atoms with E-state index in [9.17, 15) is 9.90 Å². The molecular weight excluding hydrogens is 226 g/mol. The molecule has 0 aromatic rings. The maximum Gasteiger partial charge on any atom is 0.251 e. The van der Waals surface area contributed by atoms with Crippen LogP contribution >= 0.6 is 0 Å². The molecule has 108 valence electrons. The fraction of sp³-hybridized carbons (Fsp3) is 0.933. The van der Waals surface area contributed by atoms with Crippen molar-refractivity contribution in [1.82, 2.24) is 4.90 Å². The highest BCUT2D eigenvalue weighted by Gasteiger charge is 2.19. The van der Waals surface area contributed by atoms with Crippen molar-refractivity contribution < 1.29 is 9.90 Å². The van der Waals surface area contributed by atoms with Crippen molar-refractivity contribution in [3.8, 4) is 0 Å². The van der Waals surface area contributed by atoms with Crippen molar-refractivity contribution in [3.63, 3.8) is 0 Å². The summed E-state index contributed by atoms with van der Waals surface area (Å²) in [6, 6.07) is 0. The smallest absolute Gasteiger partial charge is 0.251 e. The Balaban J connectivity index is 3.88. The number of rotatable bonds is 11. The zero-order valence-electron chi connectivity index (χ0n) is 12.5. The van der Waals surface area contributed by atoms with Gasteiger partial charge in [-0.05, 0) is 19.8 Å². The van der Waals surface area contributed by atoms with E-state index in [1.54, 1.807) is 4.90 Å². The fourth-order valence-corrected chi connectivity index (χ4v) is 2.06. The predicted molar refractivity (Wildman–Crippen MR) is 76.5 cm³/mol. The van der Waals surface area contributed by atoms with Crippen LogP contribution in [0, 0.1) is 0 Å². The van der Waals surface area contributed by atoms with Crippen LogP contribution in [0.5, 0.6) is 0 Å². The molecule has 0 aromatic heterocycles. The molecule has 1 N–H and O–H groups in total. The van der Waals surface area contributed by atoms with Gasteiger partial charge >= 0.3 is 0 Å². The third-order valence-corrected chi connectivity index (χ3v) is 3.34. The van der Waals surface area contributed by atoms with Gasteiger partial charge in [-0.25, -0.2) is 0 Å². The topological polar surface area (TPSA) is 40.5 Å². The molecule has 18 heavy (non-hydrogen) atoms. The van der Waals surface area contributed by atoms with Crippen LogP contribution in [0.2, 0.25) is 0 Å². The number of nitrogens with zero attached hydrogens (tertiary/aromatic N) is 1. The van der Waals surface area contributed by atoms with Crippen molar-refractivity contribution in [3.05, 3.63) is 0 Å². The molecule has 0 saturated carbocycles. The van der Waals surface area contributed by atoms with E-state index in [0.717, 1.165) is 25.8 Å². The van der Waals surface area contributed by atoms with Crippen LogP contribution < -0.4 is 0 Å². The maximum atomic E-state index is 12.0. The van der Waals surface area contributed by atoms with Crippen molar-refractivity contribution >= 4 is 5.91 Å². The summed E-state index contributed by atoms with van der Waals surface area (Å²) in [5.74, 6) is -0.0820. The van der Waals surface area contributed by atoms with Crippen LogP contribution in [0.25, 0.3) is 0 Å². The second kappa shape index (κ2) is 11.5. The number of likely N-dealkylation sites (N-methyl/N-ethyl adjacent to an activating group) is 1. The minimum atomic E-state index is -0.791. The summed E-state index contributed by atoms with van der Waals surface area (Å²) in [5.41, 5.74) is 0. The predicted octanol–water partition coefficient (Wildman–Crippen LogP) is 3.36. The second-order valence-corrected chi connectivity index (χ2v) is 4.99. The molecule has 0 saturated heterocycles. The Labute approximate surface area is 113 Å². The molecule has 0 rings (SSSR count). The molecule has 0 radical (unpaired) electrons. The average Bonchev–Trinajstić information content (AvgIpc) is 2.39. The largest absolute Gasteiger partial charge is 0.383 e. The van der Waals surface area contributed by atoms with Gasteiger partial charge in [0.1, 0.15) is 6.10 Å². The quantitative estimate of drug-likeness (QED) is 0.577. The first-order valence-corrected chi connectivity index (χ1v) is 7.64. The number of hydrogen-bond acceptors (Lipinski definition) is 2. The summed E-state index contributed by atoms with van der Waals surface area (Å²) < 4.78 is 0. The normalized spacial score (nSPS) is 12.4. The summed E-state index contributed by atoms with van der Waals surface area (Å²) in [5, 5.41) is 9.80. The first-order chi connectivity index (χ1) is 8.67. The Morgan fingerprint density at radius 1 is 1.00 bits per heavy atom. The second-order valence-electron chi connectivity index (χ2n) is 4.99. The first kappa shape index (κ1) is 17.4. The minimum Gasteiger partial charge on any atom is -0.383 e. The molecule has 0 fully saturated rings. The van der Waals surface area contributed by atoms with Crippen LogP contribution in [0.4, 0.5) is 0 Å². The average molecular weight is 257 g/mol. The summed E-state index contributed by atoms with van der Waals surface area (Å²) in [7, 11) is 0. The van der Waals surface area contributed by atoms with Crippen molar-refractivity contribution in [2.24, 2.45) is 0 Å². The molecule has 1 amide bonds. The molecule has 0 bridgehead atoms. The van der Waals surface area contributed by atoms with Crippen molar-refractivity contribution in [2.75, 3.05) is 13.1 Å². The lowest BCUT2D eigenvalue weighted by Gasteiger charge is -2.23. The Kier molecular flexibility index (Phi) is 11.2. The minimum absolute atomic E-state index is 0.0820. The lowest BCUT2D eigenvalue weighted by Crippen LogP contribution is -2.39. The zero-order valence-corrected chi connectivity index (χ0v) is 12.5. The SMILES string of the molecule is CCCCCCCN(CC)C(=O)C(O)CCCC. The van der Waals surface area contributed by atoms with Gasteiger partial charge in [-0.15, -0.1) is 0 Å². The summed E-state index contributed by atoms with van der Waals surface area (Å²) >= 11 is 0. The van der Waals surface area contributed by atoms with E-state index < -0.39 is 6.10 Å². The number of amides is 1. The highest BCUT2D eigenvalue weighted by molar-refractivity contribution is 5.80. The summed E-state index contributed by atoms with van der Waals surface area (Å²) in [6.07, 6.45) is 7.76. The zero-order chi connectivity index (χ0) is 13.8. The number of carbonyl (C=O) groups is 1. The molecule has 1 atom stereocenters. The standard InChI is InChI=1S/C15H31NO2/c1-4-7-9-10-11-13-16(6-3)15(18)14(17)12-8-5-2/h14,17H,4-13H2,1-3H3. The van der Waals surface area contributed by atoms with Gasteiger partial charge in [-0.1, -0.05) is 52.4 Å². The Morgan fingerprint density at radius 2 is 1.61 bits per heavy atom. The van der Waals surface area contributed by atoms with Gasteiger partial charge in [-0.2, -0.15) is 0 Å². The van der Waals surface area contributed by atoms with Crippen molar-refractivity contribution in [1.29, 1.82) is 0 Å². The van der Waals surface area contributed by atoms with Gasteiger partial charge in [0.15, 0.2) is 0 Å². The van der Waals surface area contributed by atoms with E-state index in [0.29, 0.717) is 13.0 Å². The molecule has 0 heterocycles. The first-order valence-electron chi connectivity index (χ1n) is 7.64. The molecule has 3 heteroatoms. The third kappa shape index (κ3) is 7.70. The number of aliphatic hydroxyl groups is 1. The van der Waals surface area contributed by atoms with Gasteiger partial charge < -0.3 is 10.0 Å². The van der Waals surface area contributed by atoms with E-state index in [2.05, 4.69) is 13.8 Å². The van der Waals surface area contributed by atoms with Crippen LogP contribution in [-0.2, 0) is 4.79 Å². The monoisotopic (exact) mass is 257 g/mol. The van der Waals surface area contributed by atoms with Gasteiger partial charge in [-0.3, -0.25) is 4.79 Å². The molecule has 0 aliphatic heterocycles. The number of unbranched alkanes of at least 4 members (excludes halogenated alkanes) is 5. The molecule has 0 aliphatic rings. The van der Waals surface area contributed by atoms with Crippen LogP contribution in [0.3, 0.4) is 0 Å². The highest BCUT2D eigenvalue weighted by atomic mass is 16.3. The summed E-state index contributed by atoms with van der Waals surface area (Å²) in [4.78, 5) is 13.8. The van der Waals surface area contributed by atoms with Crippen LogP contribution in [0.15, 0.2) is 0 Å². The number of carbonyl (C=O) groups excluding carboxylic acids is 1. The van der Waals surface area contributed by atoms with Gasteiger partial charge in [0.05, 0.1) is 0 Å². The molecule has 1 unspecified atom stereocenters. The fourth-order valence-electron chi connectivity index (χ4n) is 2.06. The van der Waals surface area contributed by atoms with E-state index >= 15 is 0 Å². The molecule has 3 nitrogen and oxygen atoms in total. The van der Waals surface area contributed by atoms with Gasteiger partial charge in [0.2, 0.25) is 0 Å². The lowest BCUT2D eigenvalue weighted by atomic mass is 10.1. The maximum absolute atomic E-state index is 12.0. The lowest BCUT2D eigenvalue weighted by molar-refractivity contribution is -0.140. The van der Waals surface area contributed by atoms with Gasteiger partial charge in [0.25, 0.3) is 5.91 Å². The number of aliphatic hydroxyl groups excluding tert-OH is 1. The van der Waals surface area contributed by atoms with E-state index in [4.69, 9.17) is 0 Å². The van der Waals surface area contributed by atoms with Gasteiger partial charge in [0, 0.05) is 13.1 Å². The van der Waals surface area contributed by atoms with E-state index in [1.165, 1.54) is 25.7 Å².